The van der Waals surface area contributed by atoms with Crippen molar-refractivity contribution in [3.63, 3.8) is 0 Å². The van der Waals surface area contributed by atoms with Crippen LogP contribution in [0.1, 0.15) is 30.8 Å². The first-order valence-corrected chi connectivity index (χ1v) is 7.44. The van der Waals surface area contributed by atoms with Gasteiger partial charge < -0.3 is 0 Å². The fourth-order valence-electron chi connectivity index (χ4n) is 2.08. The maximum Gasteiger partial charge on any atom is 0.166 e. The number of rotatable bonds is 2. The number of aromatic nitrogens is 2. The van der Waals surface area contributed by atoms with Gasteiger partial charge in [-0.15, -0.1) is 0 Å². The Balaban J connectivity index is 2.50. The Labute approximate surface area is 101 Å². The lowest BCUT2D eigenvalue weighted by atomic mass is 10.1. The summed E-state index contributed by atoms with van der Waals surface area (Å²) in [5.74, 6) is 0.515. The van der Waals surface area contributed by atoms with Gasteiger partial charge in [0.15, 0.2) is 15.5 Å². The zero-order valence-corrected chi connectivity index (χ0v) is 10.8. The van der Waals surface area contributed by atoms with E-state index >= 15 is 0 Å². The molecule has 0 bridgehead atoms. The SMILES string of the molecule is CC(C)Cn1nc(C#N)c2c1CS(=O)(=O)CC2. The molecule has 5 nitrogen and oxygen atoms in total. The maximum atomic E-state index is 11.6. The van der Waals surface area contributed by atoms with Crippen molar-refractivity contribution < 1.29 is 8.42 Å². The Bertz CT molecular complexity index is 579. The number of nitriles is 1. The van der Waals surface area contributed by atoms with E-state index in [1.165, 1.54) is 0 Å². The lowest BCUT2D eigenvalue weighted by Gasteiger charge is -2.15. The minimum absolute atomic E-state index is 0.0176. The number of nitrogens with zero attached hydrogens (tertiary/aromatic N) is 3. The molecule has 17 heavy (non-hydrogen) atoms. The molecule has 2 rings (SSSR count). The third kappa shape index (κ3) is 2.34. The van der Waals surface area contributed by atoms with E-state index in [2.05, 4.69) is 5.10 Å². The van der Waals surface area contributed by atoms with Crippen LogP contribution in [0, 0.1) is 17.2 Å². The van der Waals surface area contributed by atoms with Crippen LogP contribution >= 0.6 is 0 Å². The zero-order valence-electron chi connectivity index (χ0n) is 9.97. The summed E-state index contributed by atoms with van der Waals surface area (Å²) in [7, 11) is -3.02. The van der Waals surface area contributed by atoms with Crippen molar-refractivity contribution in [1.29, 1.82) is 5.26 Å². The first-order valence-electron chi connectivity index (χ1n) is 5.62. The number of hydrogen-bond donors (Lipinski definition) is 0. The highest BCUT2D eigenvalue weighted by Crippen LogP contribution is 2.24. The van der Waals surface area contributed by atoms with Gasteiger partial charge in [0.25, 0.3) is 0 Å². The van der Waals surface area contributed by atoms with Gasteiger partial charge in [0, 0.05) is 12.1 Å². The van der Waals surface area contributed by atoms with Crippen LogP contribution in [0.4, 0.5) is 0 Å². The number of sulfone groups is 1. The molecule has 0 spiro atoms. The van der Waals surface area contributed by atoms with Crippen molar-refractivity contribution in [3.8, 4) is 6.07 Å². The third-order valence-electron chi connectivity index (χ3n) is 2.83. The smallest absolute Gasteiger partial charge is 0.166 e. The van der Waals surface area contributed by atoms with E-state index in [-0.39, 0.29) is 11.5 Å². The number of fused-ring (bicyclic) bond motifs is 1. The lowest BCUT2D eigenvalue weighted by Crippen LogP contribution is -2.22. The Morgan fingerprint density at radius 3 is 2.82 bits per heavy atom. The molecule has 0 aromatic carbocycles. The molecule has 0 saturated carbocycles. The topological polar surface area (TPSA) is 75.8 Å². The van der Waals surface area contributed by atoms with Crippen molar-refractivity contribution in [3.05, 3.63) is 17.0 Å². The van der Waals surface area contributed by atoms with Crippen LogP contribution in [0.5, 0.6) is 0 Å². The van der Waals surface area contributed by atoms with Gasteiger partial charge in [-0.1, -0.05) is 13.8 Å². The second-order valence-electron chi connectivity index (χ2n) is 4.80. The molecule has 92 valence electrons. The van der Waals surface area contributed by atoms with Gasteiger partial charge >= 0.3 is 0 Å². The van der Waals surface area contributed by atoms with Crippen LogP contribution in [0.2, 0.25) is 0 Å². The van der Waals surface area contributed by atoms with E-state index < -0.39 is 9.84 Å². The molecule has 0 saturated heterocycles. The molecule has 0 radical (unpaired) electrons. The Kier molecular flexibility index (Phi) is 2.96. The Morgan fingerprint density at radius 2 is 2.24 bits per heavy atom. The van der Waals surface area contributed by atoms with Crippen molar-refractivity contribution in [2.75, 3.05) is 5.75 Å². The van der Waals surface area contributed by atoms with Gasteiger partial charge in [-0.25, -0.2) is 8.42 Å². The highest BCUT2D eigenvalue weighted by atomic mass is 32.2. The van der Waals surface area contributed by atoms with Crippen LogP contribution < -0.4 is 0 Å². The summed E-state index contributed by atoms with van der Waals surface area (Å²) in [6, 6.07) is 2.05. The summed E-state index contributed by atoms with van der Waals surface area (Å²) in [5, 5.41) is 13.2. The molecule has 2 heterocycles. The predicted molar refractivity (Wildman–Crippen MR) is 63.0 cm³/mol. The largest absolute Gasteiger partial charge is 0.267 e. The van der Waals surface area contributed by atoms with Crippen molar-refractivity contribution in [1.82, 2.24) is 9.78 Å². The second kappa shape index (κ2) is 4.15. The average molecular weight is 253 g/mol. The molecule has 1 aromatic heterocycles. The molecule has 0 aliphatic carbocycles. The van der Waals surface area contributed by atoms with Gasteiger partial charge in [-0.3, -0.25) is 4.68 Å². The summed E-state index contributed by atoms with van der Waals surface area (Å²) in [6.07, 6.45) is 0.415. The van der Waals surface area contributed by atoms with Gasteiger partial charge in [0.2, 0.25) is 0 Å². The van der Waals surface area contributed by atoms with E-state index in [1.54, 1.807) is 4.68 Å². The molecule has 0 fully saturated rings. The molecule has 0 N–H and O–H groups in total. The van der Waals surface area contributed by atoms with Crippen LogP contribution in [-0.2, 0) is 28.6 Å². The molecule has 0 unspecified atom stereocenters. The van der Waals surface area contributed by atoms with Crippen molar-refractivity contribution in [2.45, 2.75) is 32.6 Å². The standard InChI is InChI=1S/C11H15N3O2S/c1-8(2)6-14-11-7-17(15,16)4-3-9(11)10(5-12)13-14/h8H,3-4,6-7H2,1-2H3. The fourth-order valence-corrected chi connectivity index (χ4v) is 3.48. The minimum Gasteiger partial charge on any atom is -0.267 e. The van der Waals surface area contributed by atoms with E-state index in [9.17, 15) is 8.42 Å². The second-order valence-corrected chi connectivity index (χ2v) is 6.99. The molecular formula is C11H15N3O2S. The Hall–Kier alpha value is -1.35. The Morgan fingerprint density at radius 1 is 1.53 bits per heavy atom. The monoisotopic (exact) mass is 253 g/mol. The molecule has 1 aliphatic heterocycles. The first-order chi connectivity index (χ1) is 7.93. The van der Waals surface area contributed by atoms with Gasteiger partial charge in [0.05, 0.1) is 17.2 Å². The quantitative estimate of drug-likeness (QED) is 0.784. The molecule has 6 heteroatoms. The third-order valence-corrected chi connectivity index (χ3v) is 4.37. The molecule has 0 atom stereocenters. The van der Waals surface area contributed by atoms with Crippen LogP contribution in [0.3, 0.4) is 0 Å². The number of hydrogen-bond acceptors (Lipinski definition) is 4. The summed E-state index contributed by atoms with van der Waals surface area (Å²) in [5.41, 5.74) is 1.92. The van der Waals surface area contributed by atoms with Crippen LogP contribution in [0.15, 0.2) is 0 Å². The van der Waals surface area contributed by atoms with Crippen LogP contribution in [0.25, 0.3) is 0 Å². The lowest BCUT2D eigenvalue weighted by molar-refractivity contribution is 0.470. The van der Waals surface area contributed by atoms with Gasteiger partial charge in [-0.2, -0.15) is 10.4 Å². The van der Waals surface area contributed by atoms with Crippen molar-refractivity contribution >= 4 is 9.84 Å². The fraction of sp³-hybridized carbons (Fsp3) is 0.636. The van der Waals surface area contributed by atoms with E-state index in [0.717, 1.165) is 5.56 Å². The van der Waals surface area contributed by atoms with Gasteiger partial charge in [-0.05, 0) is 12.3 Å². The van der Waals surface area contributed by atoms with E-state index in [0.29, 0.717) is 30.3 Å². The van der Waals surface area contributed by atoms with Gasteiger partial charge in [0.1, 0.15) is 6.07 Å². The normalized spacial score (nSPS) is 17.8. The summed E-state index contributed by atoms with van der Waals surface area (Å²) in [4.78, 5) is 0. The summed E-state index contributed by atoms with van der Waals surface area (Å²) >= 11 is 0. The van der Waals surface area contributed by atoms with E-state index in [1.807, 2.05) is 19.9 Å². The maximum absolute atomic E-state index is 11.6. The molecule has 1 aromatic rings. The summed E-state index contributed by atoms with van der Waals surface area (Å²) < 4.78 is 24.9. The highest BCUT2D eigenvalue weighted by Gasteiger charge is 2.28. The average Bonchev–Trinajstić information content (AvgIpc) is 2.54. The molecule has 1 aliphatic rings. The van der Waals surface area contributed by atoms with Crippen molar-refractivity contribution in [2.24, 2.45) is 5.92 Å². The molecular weight excluding hydrogens is 238 g/mol. The first kappa shape index (κ1) is 12.1. The molecule has 0 amide bonds. The zero-order chi connectivity index (χ0) is 12.6. The minimum atomic E-state index is -3.02. The van der Waals surface area contributed by atoms with Crippen LogP contribution in [-0.4, -0.2) is 24.0 Å². The van der Waals surface area contributed by atoms with E-state index in [4.69, 9.17) is 5.26 Å². The predicted octanol–water partition coefficient (Wildman–Crippen LogP) is 0.882. The summed E-state index contributed by atoms with van der Waals surface area (Å²) in [6.45, 7) is 4.73. The highest BCUT2D eigenvalue weighted by molar-refractivity contribution is 7.90.